The Labute approximate surface area is 189 Å². The summed E-state index contributed by atoms with van der Waals surface area (Å²) >= 11 is 0. The van der Waals surface area contributed by atoms with Gasteiger partial charge in [-0.05, 0) is 50.7 Å². The van der Waals surface area contributed by atoms with Gasteiger partial charge in [-0.2, -0.15) is 13.2 Å². The van der Waals surface area contributed by atoms with Gasteiger partial charge in [0.1, 0.15) is 6.33 Å². The van der Waals surface area contributed by atoms with Crippen molar-refractivity contribution in [1.29, 1.82) is 0 Å². The Kier molecular flexibility index (Phi) is 3.56. The fraction of sp³-hybridized carbons (Fsp3) is 0.185. The molecule has 0 bridgehead atoms. The molecule has 160 valence electrons. The molecule has 0 aliphatic rings. The van der Waals surface area contributed by atoms with Gasteiger partial charge in [0, 0.05) is 10.9 Å². The minimum atomic E-state index is -4.67. The highest BCUT2D eigenvalue weighted by atomic mass is 19.4. The number of benzene rings is 4. The van der Waals surface area contributed by atoms with Crippen LogP contribution in [0, 0.1) is 0 Å². The highest BCUT2D eigenvalue weighted by Gasteiger charge is 2.36. The quantitative estimate of drug-likeness (QED) is 0.250. The lowest BCUT2D eigenvalue weighted by Gasteiger charge is -2.23. The SMILES string of the molecule is [2H]c1cc2c(C(C)(C)C)c([2H])c(-c3ncnc4c(C(F)(F)F)c5ccccc5cc34)cc2c([2H])c1[2H]. The maximum absolute atomic E-state index is 14.3. The van der Waals surface area contributed by atoms with Crippen LogP contribution in [-0.2, 0) is 11.6 Å². The molecular formula is C27H21F3N2. The smallest absolute Gasteiger partial charge is 0.236 e. The molecule has 4 aromatic carbocycles. The first-order valence-corrected chi connectivity index (χ1v) is 10.1. The maximum atomic E-state index is 14.3. The van der Waals surface area contributed by atoms with E-state index in [0.717, 1.165) is 6.33 Å². The van der Waals surface area contributed by atoms with Crippen LogP contribution in [0.3, 0.4) is 0 Å². The van der Waals surface area contributed by atoms with E-state index in [2.05, 4.69) is 9.97 Å². The number of nitrogens with zero attached hydrogens (tertiary/aromatic N) is 2. The molecule has 5 aromatic rings. The summed E-state index contributed by atoms with van der Waals surface area (Å²) in [4.78, 5) is 8.33. The van der Waals surface area contributed by atoms with E-state index in [-0.39, 0.29) is 51.7 Å². The monoisotopic (exact) mass is 434 g/mol. The molecular weight excluding hydrogens is 409 g/mol. The molecule has 0 radical (unpaired) electrons. The van der Waals surface area contributed by atoms with E-state index in [1.54, 1.807) is 24.3 Å². The first-order valence-electron chi connectivity index (χ1n) is 12.1. The Morgan fingerprint density at radius 2 is 1.62 bits per heavy atom. The van der Waals surface area contributed by atoms with Gasteiger partial charge >= 0.3 is 6.18 Å². The van der Waals surface area contributed by atoms with Crippen LogP contribution in [0.1, 0.15) is 37.4 Å². The molecule has 0 N–H and O–H groups in total. The standard InChI is InChI=1S/C27H21F3N2/c1-26(2,3)22-14-18(12-16-8-4-6-10-19(16)22)24-21-13-17-9-5-7-11-20(17)23(27(28,29)30)25(21)32-15-31-24/h4-15H,1-3H3/i4D,6D,8D,14D. The number of fused-ring (bicyclic) bond motifs is 3. The number of rotatable bonds is 1. The average Bonchev–Trinajstić information content (AvgIpc) is 2.79. The van der Waals surface area contributed by atoms with Crippen LogP contribution in [-0.4, -0.2) is 9.97 Å². The Morgan fingerprint density at radius 1 is 0.844 bits per heavy atom. The Bertz CT molecular complexity index is 1710. The van der Waals surface area contributed by atoms with Crippen molar-refractivity contribution >= 4 is 32.4 Å². The predicted octanol–water partition coefficient (Wildman–Crippen LogP) is 7.92. The lowest BCUT2D eigenvalue weighted by atomic mass is 9.82. The van der Waals surface area contributed by atoms with Crippen molar-refractivity contribution in [3.63, 3.8) is 0 Å². The van der Waals surface area contributed by atoms with Crippen LogP contribution in [0.25, 0.3) is 43.7 Å². The van der Waals surface area contributed by atoms with E-state index in [0.29, 0.717) is 21.7 Å². The molecule has 0 saturated heterocycles. The molecule has 2 nitrogen and oxygen atoms in total. The highest BCUT2D eigenvalue weighted by molar-refractivity contribution is 6.06. The topological polar surface area (TPSA) is 25.8 Å². The molecule has 0 aliphatic heterocycles. The summed E-state index contributed by atoms with van der Waals surface area (Å²) in [6.07, 6.45) is -3.61. The van der Waals surface area contributed by atoms with Gasteiger partial charge in [0.25, 0.3) is 0 Å². The second-order valence-electron chi connectivity index (χ2n) is 8.76. The summed E-state index contributed by atoms with van der Waals surface area (Å²) in [5.41, 5.74) is -0.808. The fourth-order valence-electron chi connectivity index (χ4n) is 4.15. The van der Waals surface area contributed by atoms with E-state index in [9.17, 15) is 13.2 Å². The van der Waals surface area contributed by atoms with Crippen LogP contribution >= 0.6 is 0 Å². The summed E-state index contributed by atoms with van der Waals surface area (Å²) < 4.78 is 76.6. The first-order chi connectivity index (χ1) is 16.8. The molecule has 0 spiro atoms. The van der Waals surface area contributed by atoms with Crippen molar-refractivity contribution in [2.75, 3.05) is 0 Å². The van der Waals surface area contributed by atoms with Gasteiger partial charge in [0.2, 0.25) is 0 Å². The molecule has 5 rings (SSSR count). The minimum Gasteiger partial charge on any atom is -0.236 e. The molecule has 0 saturated carbocycles. The van der Waals surface area contributed by atoms with E-state index >= 15 is 0 Å². The largest absolute Gasteiger partial charge is 0.419 e. The molecule has 0 unspecified atom stereocenters. The van der Waals surface area contributed by atoms with Crippen LogP contribution in [0.4, 0.5) is 13.2 Å². The maximum Gasteiger partial charge on any atom is 0.419 e. The molecule has 0 amide bonds. The van der Waals surface area contributed by atoms with E-state index < -0.39 is 17.2 Å². The third kappa shape index (κ3) is 3.29. The van der Waals surface area contributed by atoms with Crippen LogP contribution in [0.2, 0.25) is 0 Å². The second-order valence-corrected chi connectivity index (χ2v) is 8.76. The number of alkyl halides is 3. The number of aromatic nitrogens is 2. The zero-order valence-electron chi connectivity index (χ0n) is 21.6. The van der Waals surface area contributed by atoms with Crippen LogP contribution < -0.4 is 0 Å². The van der Waals surface area contributed by atoms with Gasteiger partial charge < -0.3 is 0 Å². The zero-order valence-corrected chi connectivity index (χ0v) is 17.6. The molecule has 0 fully saturated rings. The van der Waals surface area contributed by atoms with E-state index in [4.69, 9.17) is 5.48 Å². The average molecular weight is 434 g/mol. The van der Waals surface area contributed by atoms with Crippen LogP contribution in [0.5, 0.6) is 0 Å². The molecule has 32 heavy (non-hydrogen) atoms. The van der Waals surface area contributed by atoms with Gasteiger partial charge in [-0.25, -0.2) is 9.97 Å². The van der Waals surface area contributed by atoms with Gasteiger partial charge in [-0.15, -0.1) is 0 Å². The van der Waals surface area contributed by atoms with Crippen molar-refractivity contribution < 1.29 is 18.7 Å². The Balaban J connectivity index is 1.99. The third-order valence-corrected chi connectivity index (χ3v) is 5.53. The Hall–Kier alpha value is -3.47. The summed E-state index contributed by atoms with van der Waals surface area (Å²) in [6, 6.07) is 10.3. The molecule has 0 aliphatic carbocycles. The van der Waals surface area contributed by atoms with Gasteiger partial charge in [0.05, 0.1) is 22.3 Å². The molecule has 1 aromatic heterocycles. The lowest BCUT2D eigenvalue weighted by Crippen LogP contribution is -2.12. The summed E-state index contributed by atoms with van der Waals surface area (Å²) in [7, 11) is 0. The third-order valence-electron chi connectivity index (χ3n) is 5.53. The second kappa shape index (κ2) is 7.02. The first kappa shape index (κ1) is 16.2. The number of hydrogen-bond acceptors (Lipinski definition) is 2. The lowest BCUT2D eigenvalue weighted by molar-refractivity contribution is -0.135. The van der Waals surface area contributed by atoms with Crippen molar-refractivity contribution in [2.45, 2.75) is 32.4 Å². The summed E-state index contributed by atoms with van der Waals surface area (Å²) in [5, 5.41) is 1.38. The molecule has 0 atom stereocenters. The summed E-state index contributed by atoms with van der Waals surface area (Å²) in [6.45, 7) is 5.66. The fourth-order valence-corrected chi connectivity index (χ4v) is 4.15. The number of hydrogen-bond donors (Lipinski definition) is 0. The Morgan fingerprint density at radius 3 is 2.38 bits per heavy atom. The van der Waals surface area contributed by atoms with Crippen molar-refractivity contribution in [3.8, 4) is 11.3 Å². The van der Waals surface area contributed by atoms with Crippen molar-refractivity contribution in [3.05, 3.63) is 84.1 Å². The van der Waals surface area contributed by atoms with Crippen LogP contribution in [0.15, 0.2) is 73.0 Å². The highest BCUT2D eigenvalue weighted by Crippen LogP contribution is 2.42. The van der Waals surface area contributed by atoms with Gasteiger partial charge in [0.15, 0.2) is 0 Å². The normalized spacial score (nSPS) is 14.4. The van der Waals surface area contributed by atoms with Gasteiger partial charge in [-0.3, -0.25) is 0 Å². The molecule has 1 heterocycles. The summed E-state index contributed by atoms with van der Waals surface area (Å²) in [5.74, 6) is 0. The van der Waals surface area contributed by atoms with Gasteiger partial charge in [-0.1, -0.05) is 69.2 Å². The van der Waals surface area contributed by atoms with Crippen molar-refractivity contribution in [2.24, 2.45) is 0 Å². The minimum absolute atomic E-state index is 0.0254. The predicted molar refractivity (Wildman–Crippen MR) is 124 cm³/mol. The number of halogens is 3. The van der Waals surface area contributed by atoms with Crippen molar-refractivity contribution in [1.82, 2.24) is 9.97 Å². The van der Waals surface area contributed by atoms with E-state index in [1.165, 1.54) is 18.2 Å². The zero-order chi connectivity index (χ0) is 26.2. The van der Waals surface area contributed by atoms with E-state index in [1.807, 2.05) is 20.8 Å². The molecule has 5 heteroatoms.